The van der Waals surface area contributed by atoms with Crippen LogP contribution in [0.2, 0.25) is 0 Å². The number of ketones is 1. The Bertz CT molecular complexity index is 517. The molecule has 0 amide bonds. The summed E-state index contributed by atoms with van der Waals surface area (Å²) in [5, 5.41) is 0. The molecule has 0 radical (unpaired) electrons. The summed E-state index contributed by atoms with van der Waals surface area (Å²) < 4.78 is 10.4. The van der Waals surface area contributed by atoms with Crippen molar-refractivity contribution >= 4 is 16.9 Å². The Labute approximate surface area is 105 Å². The summed E-state index contributed by atoms with van der Waals surface area (Å²) in [5.41, 5.74) is 1.60. The molecule has 2 heterocycles. The van der Waals surface area contributed by atoms with Gasteiger partial charge in [0.2, 0.25) is 0 Å². The van der Waals surface area contributed by atoms with Crippen molar-refractivity contribution in [3.63, 3.8) is 0 Å². The Morgan fingerprint density at radius 1 is 0.944 bits per heavy atom. The Balaban J connectivity index is 2.14. The Hall–Kier alpha value is -2.29. The van der Waals surface area contributed by atoms with Crippen LogP contribution in [0.1, 0.15) is 25.4 Å². The van der Waals surface area contributed by atoms with Gasteiger partial charge in [-0.15, -0.1) is 0 Å². The molecular weight excluding hydrogens is 228 g/mol. The zero-order chi connectivity index (χ0) is 13.0. The molecule has 3 nitrogen and oxygen atoms in total. The van der Waals surface area contributed by atoms with E-state index in [1.165, 1.54) is 0 Å². The minimum absolute atomic E-state index is 0.0854. The monoisotopic (exact) mass is 242 g/mol. The molecule has 0 bridgehead atoms. The third kappa shape index (κ3) is 2.88. The van der Waals surface area contributed by atoms with Crippen molar-refractivity contribution in [1.82, 2.24) is 0 Å². The van der Waals surface area contributed by atoms with Gasteiger partial charge in [-0.2, -0.15) is 0 Å². The fourth-order valence-electron chi connectivity index (χ4n) is 1.62. The molecule has 3 heteroatoms. The third-order valence-electron chi connectivity index (χ3n) is 2.54. The lowest BCUT2D eigenvalue weighted by atomic mass is 10.1. The maximum absolute atomic E-state index is 11.8. The lowest BCUT2D eigenvalue weighted by Crippen LogP contribution is -1.90. The molecular formula is C15H14O3. The second-order valence-corrected chi connectivity index (χ2v) is 4.01. The van der Waals surface area contributed by atoms with Gasteiger partial charge in [-0.1, -0.05) is 0 Å². The first kappa shape index (κ1) is 12.2. The van der Waals surface area contributed by atoms with E-state index in [2.05, 4.69) is 0 Å². The smallest absolute Gasteiger partial charge is 0.179 e. The van der Waals surface area contributed by atoms with Crippen molar-refractivity contribution in [1.29, 1.82) is 0 Å². The molecule has 92 valence electrons. The molecule has 0 aromatic carbocycles. The first-order valence-corrected chi connectivity index (χ1v) is 5.65. The highest BCUT2D eigenvalue weighted by Crippen LogP contribution is 2.16. The Kier molecular flexibility index (Phi) is 3.63. The van der Waals surface area contributed by atoms with Crippen LogP contribution in [0.3, 0.4) is 0 Å². The summed E-state index contributed by atoms with van der Waals surface area (Å²) in [4.78, 5) is 11.8. The minimum atomic E-state index is -0.0854. The van der Waals surface area contributed by atoms with Crippen LogP contribution in [-0.2, 0) is 4.79 Å². The number of furan rings is 2. The molecule has 2 aromatic rings. The maximum Gasteiger partial charge on any atom is 0.179 e. The van der Waals surface area contributed by atoms with Gasteiger partial charge in [0.05, 0.1) is 12.5 Å². The number of rotatable bonds is 4. The molecule has 0 spiro atoms. The Morgan fingerprint density at radius 2 is 1.39 bits per heavy atom. The fourth-order valence-corrected chi connectivity index (χ4v) is 1.62. The average molecular weight is 242 g/mol. The van der Waals surface area contributed by atoms with Crippen LogP contribution >= 0.6 is 0 Å². The van der Waals surface area contributed by atoms with Gasteiger partial charge in [0.15, 0.2) is 5.78 Å². The van der Waals surface area contributed by atoms with Crippen molar-refractivity contribution in [2.24, 2.45) is 0 Å². The van der Waals surface area contributed by atoms with Gasteiger partial charge in [-0.25, -0.2) is 0 Å². The average Bonchev–Trinajstić information content (AvgIpc) is 3.02. The molecule has 0 aliphatic rings. The molecule has 0 atom stereocenters. The second-order valence-electron chi connectivity index (χ2n) is 4.01. The number of carbonyl (C=O) groups is 1. The Morgan fingerprint density at radius 3 is 1.72 bits per heavy atom. The van der Waals surface area contributed by atoms with Crippen molar-refractivity contribution in [3.05, 3.63) is 60.5 Å². The van der Waals surface area contributed by atoms with Crippen LogP contribution in [0, 0.1) is 0 Å². The van der Waals surface area contributed by atoms with Gasteiger partial charge in [0, 0.05) is 0 Å². The van der Waals surface area contributed by atoms with Gasteiger partial charge in [0.25, 0.3) is 0 Å². The second kappa shape index (κ2) is 5.36. The van der Waals surface area contributed by atoms with E-state index < -0.39 is 0 Å². The van der Waals surface area contributed by atoms with Crippen molar-refractivity contribution < 1.29 is 13.6 Å². The van der Waals surface area contributed by atoms with E-state index in [1.807, 2.05) is 26.0 Å². The molecule has 2 rings (SSSR count). The first-order valence-electron chi connectivity index (χ1n) is 5.65. The van der Waals surface area contributed by atoms with Gasteiger partial charge < -0.3 is 8.83 Å². The quantitative estimate of drug-likeness (QED) is 0.762. The van der Waals surface area contributed by atoms with Crippen LogP contribution in [0.25, 0.3) is 11.1 Å². The number of hydrogen-bond acceptors (Lipinski definition) is 3. The lowest BCUT2D eigenvalue weighted by molar-refractivity contribution is -0.110. The maximum atomic E-state index is 11.8. The summed E-state index contributed by atoms with van der Waals surface area (Å²) in [6.07, 6.45) is 6.26. The van der Waals surface area contributed by atoms with E-state index >= 15 is 0 Å². The fraction of sp³-hybridized carbons (Fsp3) is 0.133. The largest absolute Gasteiger partial charge is 0.465 e. The zero-order valence-corrected chi connectivity index (χ0v) is 10.3. The molecule has 18 heavy (non-hydrogen) atoms. The van der Waals surface area contributed by atoms with Crippen molar-refractivity contribution in [3.8, 4) is 0 Å². The standard InChI is InChI=1S/C15H14O3/c1-11(14-5-3-7-17-14)9-13(16)10-12(2)15-6-4-8-18-15/h3-10H,1-2H3. The van der Waals surface area contributed by atoms with Gasteiger partial charge in [-0.3, -0.25) is 4.79 Å². The molecule has 0 saturated heterocycles. The topological polar surface area (TPSA) is 43.4 Å². The minimum Gasteiger partial charge on any atom is -0.465 e. The van der Waals surface area contributed by atoms with E-state index in [9.17, 15) is 4.79 Å². The van der Waals surface area contributed by atoms with Crippen LogP contribution in [0.5, 0.6) is 0 Å². The summed E-state index contributed by atoms with van der Waals surface area (Å²) >= 11 is 0. The number of allylic oxidation sites excluding steroid dienone is 4. The summed E-state index contributed by atoms with van der Waals surface area (Å²) in [6.45, 7) is 3.68. The molecule has 0 aliphatic carbocycles. The van der Waals surface area contributed by atoms with Gasteiger partial charge in [-0.05, 0) is 61.4 Å². The summed E-state index contributed by atoms with van der Waals surface area (Å²) in [6, 6.07) is 7.23. The van der Waals surface area contributed by atoms with E-state index in [-0.39, 0.29) is 5.78 Å². The van der Waals surface area contributed by atoms with E-state index in [1.54, 1.807) is 36.8 Å². The predicted octanol–water partition coefficient (Wildman–Crippen LogP) is 3.95. The normalized spacial score (nSPS) is 12.8. The predicted molar refractivity (Wildman–Crippen MR) is 69.7 cm³/mol. The summed E-state index contributed by atoms with van der Waals surface area (Å²) in [7, 11) is 0. The van der Waals surface area contributed by atoms with E-state index in [4.69, 9.17) is 8.83 Å². The van der Waals surface area contributed by atoms with E-state index in [0.29, 0.717) is 11.5 Å². The molecule has 0 saturated carbocycles. The lowest BCUT2D eigenvalue weighted by Gasteiger charge is -1.96. The highest BCUT2D eigenvalue weighted by Gasteiger charge is 2.03. The highest BCUT2D eigenvalue weighted by atomic mass is 16.3. The molecule has 0 fully saturated rings. The zero-order valence-electron chi connectivity index (χ0n) is 10.3. The van der Waals surface area contributed by atoms with Crippen LogP contribution in [0.15, 0.2) is 57.8 Å². The van der Waals surface area contributed by atoms with Gasteiger partial charge >= 0.3 is 0 Å². The SMILES string of the molecule is CC(=CC(=O)C=C(C)c1ccco1)c1ccco1. The number of hydrogen-bond donors (Lipinski definition) is 0. The molecule has 0 N–H and O–H groups in total. The van der Waals surface area contributed by atoms with Gasteiger partial charge in [0.1, 0.15) is 11.5 Å². The summed E-state index contributed by atoms with van der Waals surface area (Å²) in [5.74, 6) is 1.32. The first-order chi connectivity index (χ1) is 8.66. The number of carbonyl (C=O) groups excluding carboxylic acids is 1. The highest BCUT2D eigenvalue weighted by molar-refractivity contribution is 6.07. The van der Waals surface area contributed by atoms with Crippen molar-refractivity contribution in [2.45, 2.75) is 13.8 Å². The van der Waals surface area contributed by atoms with E-state index in [0.717, 1.165) is 11.1 Å². The van der Waals surface area contributed by atoms with Crippen LogP contribution in [0.4, 0.5) is 0 Å². The molecule has 2 aromatic heterocycles. The third-order valence-corrected chi connectivity index (χ3v) is 2.54. The van der Waals surface area contributed by atoms with Crippen molar-refractivity contribution in [2.75, 3.05) is 0 Å². The van der Waals surface area contributed by atoms with Crippen LogP contribution < -0.4 is 0 Å². The molecule has 0 aliphatic heterocycles. The molecule has 0 unspecified atom stereocenters. The van der Waals surface area contributed by atoms with Crippen LogP contribution in [-0.4, -0.2) is 5.78 Å².